The van der Waals surface area contributed by atoms with Gasteiger partial charge in [0.15, 0.2) is 0 Å². The molecule has 1 saturated heterocycles. The van der Waals surface area contributed by atoms with Crippen LogP contribution in [0.5, 0.6) is 0 Å². The van der Waals surface area contributed by atoms with E-state index < -0.39 is 5.82 Å². The Kier molecular flexibility index (Phi) is 4.97. The predicted octanol–water partition coefficient (Wildman–Crippen LogP) is 2.45. The normalized spacial score (nSPS) is 18.4. The Hall–Kier alpha value is -2.28. The van der Waals surface area contributed by atoms with Crippen molar-refractivity contribution in [3.63, 3.8) is 0 Å². The molecular formula is C19H24FN5O. The number of piperidine rings is 1. The van der Waals surface area contributed by atoms with Crippen molar-refractivity contribution in [2.45, 2.75) is 45.3 Å². The van der Waals surface area contributed by atoms with E-state index in [1.807, 2.05) is 4.68 Å². The quantitative estimate of drug-likeness (QED) is 0.847. The fourth-order valence-corrected chi connectivity index (χ4v) is 3.82. The van der Waals surface area contributed by atoms with Gasteiger partial charge in [-0.05, 0) is 44.5 Å². The van der Waals surface area contributed by atoms with Crippen LogP contribution in [-0.2, 0) is 19.6 Å². The van der Waals surface area contributed by atoms with Crippen molar-refractivity contribution in [1.82, 2.24) is 24.8 Å². The van der Waals surface area contributed by atoms with E-state index in [1.165, 1.54) is 25.3 Å². The largest absolute Gasteiger partial charge is 0.333 e. The Balaban J connectivity index is 1.54. The van der Waals surface area contributed by atoms with Crippen LogP contribution in [0.1, 0.15) is 47.4 Å². The SMILES string of the molecule is O=C(c1ccccc1F)N1CCCn2nnc(CN3CCCCC3)c2C1. The highest BCUT2D eigenvalue weighted by Gasteiger charge is 2.26. The summed E-state index contributed by atoms with van der Waals surface area (Å²) in [6, 6.07) is 6.18. The van der Waals surface area contributed by atoms with Crippen LogP contribution in [0, 0.1) is 5.82 Å². The highest BCUT2D eigenvalue weighted by Crippen LogP contribution is 2.20. The van der Waals surface area contributed by atoms with Gasteiger partial charge in [-0.3, -0.25) is 9.69 Å². The van der Waals surface area contributed by atoms with E-state index in [0.717, 1.165) is 44.0 Å². The minimum atomic E-state index is -0.470. The first-order valence-corrected chi connectivity index (χ1v) is 9.40. The average molecular weight is 357 g/mol. The van der Waals surface area contributed by atoms with Gasteiger partial charge >= 0.3 is 0 Å². The second kappa shape index (κ2) is 7.53. The molecule has 0 bridgehead atoms. The molecule has 2 aromatic rings. The van der Waals surface area contributed by atoms with Gasteiger partial charge in [0, 0.05) is 19.6 Å². The van der Waals surface area contributed by atoms with Crippen molar-refractivity contribution in [3.05, 3.63) is 47.0 Å². The summed E-state index contributed by atoms with van der Waals surface area (Å²) >= 11 is 0. The number of aryl methyl sites for hydroxylation is 1. The first kappa shape index (κ1) is 17.1. The van der Waals surface area contributed by atoms with Gasteiger partial charge in [-0.1, -0.05) is 23.8 Å². The second-order valence-corrected chi connectivity index (χ2v) is 7.10. The molecule has 0 N–H and O–H groups in total. The van der Waals surface area contributed by atoms with Crippen LogP contribution in [0.2, 0.25) is 0 Å². The van der Waals surface area contributed by atoms with Crippen molar-refractivity contribution in [3.8, 4) is 0 Å². The van der Waals surface area contributed by atoms with E-state index in [4.69, 9.17) is 0 Å². The van der Waals surface area contributed by atoms with Gasteiger partial charge in [0.1, 0.15) is 11.5 Å². The van der Waals surface area contributed by atoms with Gasteiger partial charge in [-0.2, -0.15) is 0 Å². The Labute approximate surface area is 152 Å². The molecule has 138 valence electrons. The van der Waals surface area contributed by atoms with E-state index in [0.29, 0.717) is 13.1 Å². The fraction of sp³-hybridized carbons (Fsp3) is 0.526. The van der Waals surface area contributed by atoms with Crippen LogP contribution in [0.25, 0.3) is 0 Å². The maximum atomic E-state index is 14.0. The van der Waals surface area contributed by atoms with Gasteiger partial charge in [0.25, 0.3) is 5.91 Å². The van der Waals surface area contributed by atoms with Crippen LogP contribution < -0.4 is 0 Å². The second-order valence-electron chi connectivity index (χ2n) is 7.10. The number of carbonyl (C=O) groups excluding carboxylic acids is 1. The number of fused-ring (bicyclic) bond motifs is 1. The lowest BCUT2D eigenvalue weighted by atomic mass is 10.1. The number of hydrogen-bond acceptors (Lipinski definition) is 4. The van der Waals surface area contributed by atoms with Gasteiger partial charge < -0.3 is 4.90 Å². The van der Waals surface area contributed by atoms with Crippen molar-refractivity contribution in [2.24, 2.45) is 0 Å². The predicted molar refractivity (Wildman–Crippen MR) is 94.9 cm³/mol. The number of halogens is 1. The summed E-state index contributed by atoms with van der Waals surface area (Å²) in [6.45, 7) is 4.72. The van der Waals surface area contributed by atoms with E-state index in [-0.39, 0.29) is 11.5 Å². The van der Waals surface area contributed by atoms with Crippen LogP contribution in [0.15, 0.2) is 24.3 Å². The summed E-state index contributed by atoms with van der Waals surface area (Å²) in [5.74, 6) is -0.733. The third kappa shape index (κ3) is 3.49. The zero-order valence-corrected chi connectivity index (χ0v) is 14.9. The topological polar surface area (TPSA) is 54.3 Å². The number of rotatable bonds is 3. The standard InChI is InChI=1S/C19H24FN5O/c20-16-8-3-2-7-15(16)19(26)24-11-6-12-25-18(14-24)17(21-22-25)13-23-9-4-1-5-10-23/h2-3,7-8H,1,4-6,9-14H2. The van der Waals surface area contributed by atoms with Crippen molar-refractivity contribution in [1.29, 1.82) is 0 Å². The van der Waals surface area contributed by atoms with Crippen molar-refractivity contribution >= 4 is 5.91 Å². The molecule has 4 rings (SSSR count). The first-order valence-electron chi connectivity index (χ1n) is 9.40. The molecule has 0 atom stereocenters. The average Bonchev–Trinajstić information content (AvgIpc) is 2.90. The van der Waals surface area contributed by atoms with Crippen LogP contribution in [-0.4, -0.2) is 50.3 Å². The molecule has 1 fully saturated rings. The van der Waals surface area contributed by atoms with Gasteiger partial charge in [-0.25, -0.2) is 9.07 Å². The smallest absolute Gasteiger partial charge is 0.257 e. The molecule has 6 nitrogen and oxygen atoms in total. The number of nitrogens with zero attached hydrogens (tertiary/aromatic N) is 5. The van der Waals surface area contributed by atoms with Crippen molar-refractivity contribution < 1.29 is 9.18 Å². The van der Waals surface area contributed by atoms with Gasteiger partial charge in [0.2, 0.25) is 0 Å². The Morgan fingerprint density at radius 3 is 2.65 bits per heavy atom. The van der Waals surface area contributed by atoms with Gasteiger partial charge in [0.05, 0.1) is 17.8 Å². The minimum Gasteiger partial charge on any atom is -0.333 e. The molecular weight excluding hydrogens is 333 g/mol. The summed E-state index contributed by atoms with van der Waals surface area (Å²) in [5, 5.41) is 8.67. The van der Waals surface area contributed by atoms with E-state index >= 15 is 0 Å². The molecule has 0 spiro atoms. The zero-order chi connectivity index (χ0) is 17.9. The maximum absolute atomic E-state index is 14.0. The summed E-state index contributed by atoms with van der Waals surface area (Å²) in [5.41, 5.74) is 2.06. The molecule has 1 amide bonds. The molecule has 0 radical (unpaired) electrons. The third-order valence-electron chi connectivity index (χ3n) is 5.27. The lowest BCUT2D eigenvalue weighted by Gasteiger charge is -2.26. The molecule has 1 aromatic carbocycles. The van der Waals surface area contributed by atoms with E-state index in [2.05, 4.69) is 15.2 Å². The molecule has 0 aliphatic carbocycles. The first-order chi connectivity index (χ1) is 12.7. The summed E-state index contributed by atoms with van der Waals surface area (Å²) < 4.78 is 15.9. The third-order valence-corrected chi connectivity index (χ3v) is 5.27. The maximum Gasteiger partial charge on any atom is 0.257 e. The number of hydrogen-bond donors (Lipinski definition) is 0. The van der Waals surface area contributed by atoms with Crippen LogP contribution in [0.4, 0.5) is 4.39 Å². The molecule has 3 heterocycles. The highest BCUT2D eigenvalue weighted by molar-refractivity contribution is 5.94. The van der Waals surface area contributed by atoms with E-state index in [1.54, 1.807) is 23.1 Å². The molecule has 1 aromatic heterocycles. The molecule has 0 unspecified atom stereocenters. The number of aromatic nitrogens is 3. The molecule has 2 aliphatic heterocycles. The lowest BCUT2D eigenvalue weighted by molar-refractivity contribution is 0.0740. The Morgan fingerprint density at radius 1 is 1.04 bits per heavy atom. The molecule has 7 heteroatoms. The summed E-state index contributed by atoms with van der Waals surface area (Å²) in [6.07, 6.45) is 4.53. The van der Waals surface area contributed by atoms with Crippen LogP contribution in [0.3, 0.4) is 0 Å². The summed E-state index contributed by atoms with van der Waals surface area (Å²) in [7, 11) is 0. The zero-order valence-electron chi connectivity index (χ0n) is 14.9. The molecule has 2 aliphatic rings. The molecule has 0 saturated carbocycles. The van der Waals surface area contributed by atoms with Gasteiger partial charge in [-0.15, -0.1) is 5.10 Å². The Morgan fingerprint density at radius 2 is 1.85 bits per heavy atom. The highest BCUT2D eigenvalue weighted by atomic mass is 19.1. The van der Waals surface area contributed by atoms with E-state index in [9.17, 15) is 9.18 Å². The summed E-state index contributed by atoms with van der Waals surface area (Å²) in [4.78, 5) is 17.0. The molecule has 26 heavy (non-hydrogen) atoms. The van der Waals surface area contributed by atoms with Crippen molar-refractivity contribution in [2.75, 3.05) is 19.6 Å². The number of amides is 1. The monoisotopic (exact) mass is 357 g/mol. The Bertz CT molecular complexity index is 784. The number of benzene rings is 1. The number of likely N-dealkylation sites (tertiary alicyclic amines) is 1. The minimum absolute atomic E-state index is 0.131. The number of carbonyl (C=O) groups is 1. The fourth-order valence-electron chi connectivity index (χ4n) is 3.82. The van der Waals surface area contributed by atoms with Crippen LogP contribution >= 0.6 is 0 Å². The lowest BCUT2D eigenvalue weighted by Crippen LogP contribution is -2.33.